The van der Waals surface area contributed by atoms with Crippen molar-refractivity contribution in [3.05, 3.63) is 0 Å². The van der Waals surface area contributed by atoms with Gasteiger partial charge in [-0.15, -0.1) is 0 Å². The molecule has 0 radical (unpaired) electrons. The van der Waals surface area contributed by atoms with E-state index in [1.807, 2.05) is 18.7 Å². The molecule has 1 saturated heterocycles. The number of piperidine rings is 1. The van der Waals surface area contributed by atoms with Crippen molar-refractivity contribution in [2.45, 2.75) is 33.6 Å². The molecule has 1 rings (SSSR count). The second-order valence-electron chi connectivity index (χ2n) is 4.75. The minimum absolute atomic E-state index is 0.133. The summed E-state index contributed by atoms with van der Waals surface area (Å²) in [5.41, 5.74) is 0. The van der Waals surface area contributed by atoms with Gasteiger partial charge in [-0.05, 0) is 40.2 Å². The van der Waals surface area contributed by atoms with E-state index in [1.165, 1.54) is 0 Å². The largest absolute Gasteiger partial charge is 0.342 e. The Morgan fingerprint density at radius 1 is 1.29 bits per heavy atom. The summed E-state index contributed by atoms with van der Waals surface area (Å²) in [5.74, 6) is 0.567. The van der Waals surface area contributed by atoms with Crippen LogP contribution in [0, 0.1) is 5.92 Å². The number of rotatable bonds is 5. The molecule has 1 aliphatic rings. The maximum atomic E-state index is 11.9. The highest BCUT2D eigenvalue weighted by Gasteiger charge is 2.25. The smallest absolute Gasteiger partial charge is 0.236 e. The highest BCUT2D eigenvalue weighted by atomic mass is 16.2. The molecular weight excluding hydrogens is 216 g/mol. The van der Waals surface area contributed by atoms with Crippen LogP contribution in [0.4, 0.5) is 0 Å². The summed E-state index contributed by atoms with van der Waals surface area (Å²) in [5, 5.41) is 0. The number of hydrogen-bond donors (Lipinski definition) is 0. The monoisotopic (exact) mass is 240 g/mol. The third-order valence-electron chi connectivity index (χ3n) is 3.56. The van der Waals surface area contributed by atoms with Gasteiger partial charge in [-0.2, -0.15) is 0 Å². The third kappa shape index (κ3) is 4.11. The predicted octanol–water partition coefficient (Wildman–Crippen LogP) is 1.16. The van der Waals surface area contributed by atoms with Gasteiger partial charge >= 0.3 is 0 Å². The van der Waals surface area contributed by atoms with Gasteiger partial charge in [-0.3, -0.25) is 14.5 Å². The summed E-state index contributed by atoms with van der Waals surface area (Å²) in [4.78, 5) is 27.3. The number of hydrogen-bond acceptors (Lipinski definition) is 3. The summed E-state index contributed by atoms with van der Waals surface area (Å²) in [6.45, 7) is 9.33. The van der Waals surface area contributed by atoms with Crippen LogP contribution in [-0.4, -0.2) is 54.2 Å². The molecule has 1 heterocycles. The maximum Gasteiger partial charge on any atom is 0.236 e. The van der Waals surface area contributed by atoms with Crippen LogP contribution >= 0.6 is 0 Å². The highest BCUT2D eigenvalue weighted by molar-refractivity contribution is 5.79. The summed E-state index contributed by atoms with van der Waals surface area (Å²) in [6.07, 6.45) is 2.00. The lowest BCUT2D eigenvalue weighted by atomic mass is 9.94. The van der Waals surface area contributed by atoms with Gasteiger partial charge in [0.1, 0.15) is 5.78 Å². The van der Waals surface area contributed by atoms with Crippen LogP contribution < -0.4 is 0 Å². The molecule has 1 unspecified atom stereocenters. The van der Waals surface area contributed by atoms with Crippen LogP contribution in [0.3, 0.4) is 0 Å². The minimum atomic E-state index is 0.133. The molecule has 0 aromatic carbocycles. The number of ketones is 1. The van der Waals surface area contributed by atoms with Gasteiger partial charge in [0.25, 0.3) is 0 Å². The van der Waals surface area contributed by atoms with E-state index in [4.69, 9.17) is 0 Å². The number of likely N-dealkylation sites (N-methyl/N-ethyl adjacent to an activating group) is 1. The summed E-state index contributed by atoms with van der Waals surface area (Å²) in [7, 11) is 0. The van der Waals surface area contributed by atoms with Gasteiger partial charge < -0.3 is 4.90 Å². The molecule has 0 saturated carbocycles. The first-order valence-corrected chi connectivity index (χ1v) is 6.59. The zero-order valence-corrected chi connectivity index (χ0v) is 11.2. The zero-order valence-electron chi connectivity index (χ0n) is 11.2. The molecule has 0 aromatic rings. The van der Waals surface area contributed by atoms with Crippen molar-refractivity contribution in [1.29, 1.82) is 0 Å². The van der Waals surface area contributed by atoms with E-state index >= 15 is 0 Å². The van der Waals surface area contributed by atoms with E-state index in [1.54, 1.807) is 6.92 Å². The molecule has 0 aliphatic carbocycles. The lowest BCUT2D eigenvalue weighted by Crippen LogP contribution is -2.45. The molecule has 17 heavy (non-hydrogen) atoms. The molecule has 0 N–H and O–H groups in total. The maximum absolute atomic E-state index is 11.9. The van der Waals surface area contributed by atoms with Gasteiger partial charge in [0, 0.05) is 25.6 Å². The number of carbonyl (C=O) groups is 2. The summed E-state index contributed by atoms with van der Waals surface area (Å²) in [6, 6.07) is 0. The number of nitrogens with zero attached hydrogens (tertiary/aromatic N) is 2. The quantitative estimate of drug-likeness (QED) is 0.724. The fraction of sp³-hybridized carbons (Fsp3) is 0.846. The van der Waals surface area contributed by atoms with E-state index in [-0.39, 0.29) is 17.6 Å². The lowest BCUT2D eigenvalue weighted by molar-refractivity contribution is -0.133. The Bertz CT molecular complexity index is 275. The minimum Gasteiger partial charge on any atom is -0.342 e. The molecule has 4 heteroatoms. The van der Waals surface area contributed by atoms with Gasteiger partial charge in [0.2, 0.25) is 5.91 Å². The molecule has 1 fully saturated rings. The SMILES string of the molecule is CCN(CC)C(=O)CN1CCCC(C(C)=O)C1. The van der Waals surface area contributed by atoms with Crippen LogP contribution in [0.5, 0.6) is 0 Å². The second-order valence-corrected chi connectivity index (χ2v) is 4.75. The van der Waals surface area contributed by atoms with Gasteiger partial charge in [0.15, 0.2) is 0 Å². The van der Waals surface area contributed by atoms with Gasteiger partial charge in [-0.1, -0.05) is 0 Å². The summed E-state index contributed by atoms with van der Waals surface area (Å²) >= 11 is 0. The third-order valence-corrected chi connectivity index (χ3v) is 3.56. The Kier molecular flexibility index (Phi) is 5.62. The van der Waals surface area contributed by atoms with Crippen molar-refractivity contribution >= 4 is 11.7 Å². The normalized spacial score (nSPS) is 21.2. The standard InChI is InChI=1S/C13H24N2O2/c1-4-15(5-2)13(17)10-14-8-6-7-12(9-14)11(3)16/h12H,4-10H2,1-3H3. The van der Waals surface area contributed by atoms with Crippen LogP contribution in [0.25, 0.3) is 0 Å². The fourth-order valence-corrected chi connectivity index (χ4v) is 2.40. The van der Waals surface area contributed by atoms with Crippen molar-refractivity contribution in [1.82, 2.24) is 9.80 Å². The molecule has 98 valence electrons. The van der Waals surface area contributed by atoms with Crippen LogP contribution in [-0.2, 0) is 9.59 Å². The first-order chi connectivity index (χ1) is 8.08. The Hall–Kier alpha value is -0.900. The predicted molar refractivity (Wildman–Crippen MR) is 67.8 cm³/mol. The number of carbonyl (C=O) groups excluding carboxylic acids is 2. The lowest BCUT2D eigenvalue weighted by Gasteiger charge is -2.32. The van der Waals surface area contributed by atoms with Gasteiger partial charge in [0.05, 0.1) is 6.54 Å². The van der Waals surface area contributed by atoms with Crippen LogP contribution in [0.15, 0.2) is 0 Å². The van der Waals surface area contributed by atoms with Crippen LogP contribution in [0.1, 0.15) is 33.6 Å². The van der Waals surface area contributed by atoms with Crippen molar-refractivity contribution in [2.24, 2.45) is 5.92 Å². The first-order valence-electron chi connectivity index (χ1n) is 6.59. The van der Waals surface area contributed by atoms with Crippen molar-refractivity contribution < 1.29 is 9.59 Å². The molecule has 4 nitrogen and oxygen atoms in total. The Balaban J connectivity index is 2.45. The molecule has 0 bridgehead atoms. The van der Waals surface area contributed by atoms with E-state index in [0.29, 0.717) is 6.54 Å². The van der Waals surface area contributed by atoms with Crippen molar-refractivity contribution in [3.63, 3.8) is 0 Å². The van der Waals surface area contributed by atoms with Gasteiger partial charge in [-0.25, -0.2) is 0 Å². The Morgan fingerprint density at radius 2 is 1.94 bits per heavy atom. The fourth-order valence-electron chi connectivity index (χ4n) is 2.40. The van der Waals surface area contributed by atoms with E-state index in [2.05, 4.69) is 4.90 Å². The topological polar surface area (TPSA) is 40.6 Å². The van der Waals surface area contributed by atoms with E-state index < -0.39 is 0 Å². The van der Waals surface area contributed by atoms with Crippen molar-refractivity contribution in [2.75, 3.05) is 32.7 Å². The van der Waals surface area contributed by atoms with Crippen molar-refractivity contribution in [3.8, 4) is 0 Å². The first kappa shape index (κ1) is 14.2. The zero-order chi connectivity index (χ0) is 12.8. The molecular formula is C13H24N2O2. The van der Waals surface area contributed by atoms with Crippen LogP contribution in [0.2, 0.25) is 0 Å². The second kappa shape index (κ2) is 6.74. The van der Waals surface area contributed by atoms with E-state index in [9.17, 15) is 9.59 Å². The average molecular weight is 240 g/mol. The Morgan fingerprint density at radius 3 is 2.47 bits per heavy atom. The number of amides is 1. The average Bonchev–Trinajstić information content (AvgIpc) is 2.30. The van der Waals surface area contributed by atoms with E-state index in [0.717, 1.165) is 39.0 Å². The molecule has 0 spiro atoms. The molecule has 1 atom stereocenters. The molecule has 1 amide bonds. The number of likely N-dealkylation sites (tertiary alicyclic amines) is 1. The highest BCUT2D eigenvalue weighted by Crippen LogP contribution is 2.17. The summed E-state index contributed by atoms with van der Waals surface area (Å²) < 4.78 is 0. The Labute approximate surface area is 104 Å². The number of Topliss-reactive ketones (excluding diaryl/α,β-unsaturated/α-hetero) is 1. The molecule has 1 aliphatic heterocycles. The molecule has 0 aromatic heterocycles.